The molecule has 244 valence electrons. The molecule has 6 heteroatoms. The summed E-state index contributed by atoms with van der Waals surface area (Å²) in [6, 6.07) is 13.0. The van der Waals surface area contributed by atoms with E-state index in [9.17, 15) is 9.90 Å². The molecule has 45 heavy (non-hydrogen) atoms. The molecule has 6 nitrogen and oxygen atoms in total. The van der Waals surface area contributed by atoms with Gasteiger partial charge in [-0.2, -0.15) is 0 Å². The summed E-state index contributed by atoms with van der Waals surface area (Å²) < 4.78 is 12.9. The molecule has 2 saturated carbocycles. The summed E-state index contributed by atoms with van der Waals surface area (Å²) >= 11 is 0. The Bertz CT molecular complexity index is 1340. The standard InChI is InChI=1S/C39H54N2O4/c1-3-4-22-41(35(43)16-12-7-5-6-9-13-27-14-10-8-11-15-27)31-20-19-30-32-24-29-33(42)25-34(44-2)37-36(29)39(30,38(31)45-37)21-23-40(32)26-28-17-18-28/h8,10-11,14-15,25,28,30-32,38,42H,3-7,9,12-13,16-24,26H2,1-2H3/t30-,31+,32+,38-,39-/m0/s1. The van der Waals surface area contributed by atoms with Gasteiger partial charge in [0, 0.05) is 48.2 Å². The molecule has 3 fully saturated rings. The first kappa shape index (κ1) is 30.9. The van der Waals surface area contributed by atoms with Crippen LogP contribution in [-0.2, 0) is 23.1 Å². The number of nitrogens with zero attached hydrogens (tertiary/aromatic N) is 2. The highest BCUT2D eigenvalue weighted by Crippen LogP contribution is 2.66. The lowest BCUT2D eigenvalue weighted by molar-refractivity contribution is -0.143. The minimum Gasteiger partial charge on any atom is -0.508 e. The summed E-state index contributed by atoms with van der Waals surface area (Å²) in [5.74, 6) is 3.49. The topological polar surface area (TPSA) is 62.2 Å². The number of likely N-dealkylation sites (tertiary alicyclic amines) is 1. The molecule has 0 aromatic heterocycles. The number of aryl methyl sites for hydroxylation is 1. The molecule has 2 aliphatic heterocycles. The Hall–Kier alpha value is -2.73. The van der Waals surface area contributed by atoms with Crippen molar-refractivity contribution in [3.8, 4) is 17.2 Å². The molecular formula is C39H54N2O4. The fourth-order valence-electron chi connectivity index (χ4n) is 9.71. The van der Waals surface area contributed by atoms with Gasteiger partial charge in [-0.15, -0.1) is 0 Å². The van der Waals surface area contributed by atoms with Gasteiger partial charge in [0.15, 0.2) is 11.5 Å². The number of phenolic OH excluding ortho intramolecular Hbond substituents is 1. The second-order valence-corrected chi connectivity index (χ2v) is 14.8. The highest BCUT2D eigenvalue weighted by Gasteiger charge is 2.67. The Morgan fingerprint density at radius 3 is 2.64 bits per heavy atom. The number of methoxy groups -OCH3 is 1. The number of carbonyl (C=O) groups is 1. The van der Waals surface area contributed by atoms with Crippen LogP contribution in [0.2, 0.25) is 0 Å². The van der Waals surface area contributed by atoms with Crippen molar-refractivity contribution >= 4 is 5.91 Å². The summed E-state index contributed by atoms with van der Waals surface area (Å²) in [7, 11) is 1.68. The van der Waals surface area contributed by atoms with Crippen LogP contribution >= 0.6 is 0 Å². The minimum atomic E-state index is -0.161. The zero-order chi connectivity index (χ0) is 31.0. The van der Waals surface area contributed by atoms with Crippen LogP contribution in [0.4, 0.5) is 0 Å². The zero-order valence-electron chi connectivity index (χ0n) is 27.6. The van der Waals surface area contributed by atoms with E-state index in [2.05, 4.69) is 47.1 Å². The van der Waals surface area contributed by atoms with Gasteiger partial charge in [0.2, 0.25) is 5.91 Å². The molecule has 1 saturated heterocycles. The van der Waals surface area contributed by atoms with Crippen molar-refractivity contribution in [2.75, 3.05) is 26.7 Å². The first-order valence-corrected chi connectivity index (χ1v) is 18.2. The van der Waals surface area contributed by atoms with Crippen LogP contribution in [0.3, 0.4) is 0 Å². The second-order valence-electron chi connectivity index (χ2n) is 14.8. The van der Waals surface area contributed by atoms with Gasteiger partial charge in [0.05, 0.1) is 13.2 Å². The summed E-state index contributed by atoms with van der Waals surface area (Å²) in [5, 5.41) is 11.3. The van der Waals surface area contributed by atoms with Crippen molar-refractivity contribution < 1.29 is 19.4 Å². The molecule has 0 radical (unpaired) electrons. The maximum Gasteiger partial charge on any atom is 0.222 e. The number of benzene rings is 2. The maximum atomic E-state index is 14.1. The summed E-state index contributed by atoms with van der Waals surface area (Å²) in [4.78, 5) is 19.1. The third-order valence-corrected chi connectivity index (χ3v) is 12.1. The highest BCUT2D eigenvalue weighted by atomic mass is 16.5. The van der Waals surface area contributed by atoms with Crippen molar-refractivity contribution in [1.29, 1.82) is 0 Å². The average molecular weight is 615 g/mol. The van der Waals surface area contributed by atoms with E-state index < -0.39 is 0 Å². The van der Waals surface area contributed by atoms with E-state index in [1.807, 2.05) is 0 Å². The van der Waals surface area contributed by atoms with Crippen LogP contribution in [-0.4, -0.2) is 65.7 Å². The quantitative estimate of drug-likeness (QED) is 0.212. The van der Waals surface area contributed by atoms with Crippen molar-refractivity contribution in [3.05, 3.63) is 53.1 Å². The van der Waals surface area contributed by atoms with Crippen molar-refractivity contribution in [2.45, 2.75) is 127 Å². The van der Waals surface area contributed by atoms with E-state index >= 15 is 0 Å². The number of unbranched alkanes of at least 4 members (excludes halogenated alkanes) is 5. The fraction of sp³-hybridized carbons (Fsp3) is 0.667. The monoisotopic (exact) mass is 614 g/mol. The number of aromatic hydroxyl groups is 1. The van der Waals surface area contributed by atoms with Gasteiger partial charge in [-0.1, -0.05) is 62.9 Å². The van der Waals surface area contributed by atoms with Crippen LogP contribution in [0, 0.1) is 11.8 Å². The molecule has 3 aliphatic carbocycles. The molecule has 5 atom stereocenters. The van der Waals surface area contributed by atoms with Crippen LogP contribution in [0.1, 0.15) is 107 Å². The smallest absolute Gasteiger partial charge is 0.222 e. The van der Waals surface area contributed by atoms with E-state index in [-0.39, 0.29) is 17.6 Å². The Morgan fingerprint density at radius 1 is 1.07 bits per heavy atom. The highest BCUT2D eigenvalue weighted by molar-refractivity contribution is 5.77. The number of amides is 1. The molecule has 1 spiro atoms. The van der Waals surface area contributed by atoms with E-state index in [0.29, 0.717) is 35.8 Å². The number of phenols is 1. The van der Waals surface area contributed by atoms with E-state index in [1.54, 1.807) is 13.2 Å². The van der Waals surface area contributed by atoms with Crippen molar-refractivity contribution in [3.63, 3.8) is 0 Å². The molecular weight excluding hydrogens is 560 g/mol. The Labute approximate surface area is 270 Å². The third-order valence-electron chi connectivity index (χ3n) is 12.1. The molecule has 2 aromatic rings. The molecule has 5 aliphatic rings. The Morgan fingerprint density at radius 2 is 1.87 bits per heavy atom. The van der Waals surface area contributed by atoms with Gasteiger partial charge >= 0.3 is 0 Å². The molecule has 2 heterocycles. The third kappa shape index (κ3) is 5.74. The fourth-order valence-corrected chi connectivity index (χ4v) is 9.71. The lowest BCUT2D eigenvalue weighted by Gasteiger charge is -2.60. The van der Waals surface area contributed by atoms with Gasteiger partial charge in [0.1, 0.15) is 11.9 Å². The van der Waals surface area contributed by atoms with Gasteiger partial charge in [-0.25, -0.2) is 0 Å². The lowest BCUT2D eigenvalue weighted by Crippen LogP contribution is -2.69. The van der Waals surface area contributed by atoms with Crippen molar-refractivity contribution in [1.82, 2.24) is 9.80 Å². The predicted octanol–water partition coefficient (Wildman–Crippen LogP) is 7.43. The van der Waals surface area contributed by atoms with E-state index in [0.717, 1.165) is 88.1 Å². The van der Waals surface area contributed by atoms with Crippen LogP contribution < -0.4 is 9.47 Å². The number of rotatable bonds is 15. The van der Waals surface area contributed by atoms with Gasteiger partial charge in [-0.05, 0) is 88.2 Å². The van der Waals surface area contributed by atoms with Crippen LogP contribution in [0.5, 0.6) is 17.2 Å². The van der Waals surface area contributed by atoms with Crippen LogP contribution in [0.25, 0.3) is 0 Å². The Balaban J connectivity index is 1.07. The lowest BCUT2D eigenvalue weighted by atomic mass is 9.50. The molecule has 0 unspecified atom stereocenters. The zero-order valence-corrected chi connectivity index (χ0v) is 27.6. The average Bonchev–Trinajstić information content (AvgIpc) is 3.81. The predicted molar refractivity (Wildman–Crippen MR) is 178 cm³/mol. The molecule has 1 amide bonds. The van der Waals surface area contributed by atoms with Gasteiger partial charge in [-0.3, -0.25) is 9.69 Å². The number of ether oxygens (including phenoxy) is 2. The largest absolute Gasteiger partial charge is 0.508 e. The number of carbonyl (C=O) groups excluding carboxylic acids is 1. The molecule has 2 bridgehead atoms. The first-order chi connectivity index (χ1) is 22.0. The first-order valence-electron chi connectivity index (χ1n) is 18.2. The molecule has 1 N–H and O–H groups in total. The minimum absolute atomic E-state index is 0.0620. The second kappa shape index (κ2) is 13.2. The van der Waals surface area contributed by atoms with E-state index in [1.165, 1.54) is 49.8 Å². The number of piperidine rings is 1. The summed E-state index contributed by atoms with van der Waals surface area (Å²) in [5.41, 5.74) is 3.56. The maximum absolute atomic E-state index is 14.1. The molecule has 7 rings (SSSR count). The summed E-state index contributed by atoms with van der Waals surface area (Å²) in [6.07, 6.45) is 16.2. The van der Waals surface area contributed by atoms with Crippen molar-refractivity contribution in [2.24, 2.45) is 11.8 Å². The number of hydrogen-bond donors (Lipinski definition) is 1. The van der Waals surface area contributed by atoms with E-state index in [4.69, 9.17) is 9.47 Å². The normalized spacial score (nSPS) is 28.0. The van der Waals surface area contributed by atoms with Gasteiger partial charge < -0.3 is 19.5 Å². The SMILES string of the molecule is CCCCN(C(=O)CCCCCCCc1ccccc1)[C@@H]1CC[C@H]2[C@H]3Cc4c(O)cc(OC)c5c4[C@@]2(CCN3CC2CC2)[C@H]1O5. The Kier molecular flexibility index (Phi) is 9.05. The number of hydrogen-bond acceptors (Lipinski definition) is 5. The van der Waals surface area contributed by atoms with Crippen LogP contribution in [0.15, 0.2) is 36.4 Å². The summed E-state index contributed by atoms with van der Waals surface area (Å²) in [6.45, 7) is 5.30. The van der Waals surface area contributed by atoms with Gasteiger partial charge in [0.25, 0.3) is 0 Å². The molecule has 2 aromatic carbocycles.